The summed E-state index contributed by atoms with van der Waals surface area (Å²) in [5.74, 6) is -1.08. The van der Waals surface area contributed by atoms with Crippen molar-refractivity contribution in [2.24, 2.45) is 11.3 Å². The minimum absolute atomic E-state index is 0.0367. The molecule has 32 heteroatoms. The third kappa shape index (κ3) is 39.1. The van der Waals surface area contributed by atoms with Crippen molar-refractivity contribution in [3.8, 4) is 0 Å². The Kier molecular flexibility index (Phi) is 49.4. The minimum atomic E-state index is -1.45. The second-order valence-corrected chi connectivity index (χ2v) is 27.3. The molecule has 3 heterocycles. The first-order valence-electron chi connectivity index (χ1n) is 36.6. The van der Waals surface area contributed by atoms with Gasteiger partial charge in [0.1, 0.15) is 96.2 Å². The largest absolute Gasteiger partial charge is 0.394 e. The second-order valence-electron chi connectivity index (χ2n) is 27.3. The molecule has 5 amide bonds. The summed E-state index contributed by atoms with van der Waals surface area (Å²) in [5.41, 5.74) is -0.650. The lowest BCUT2D eigenvalue weighted by atomic mass is 9.82. The molecule has 102 heavy (non-hydrogen) atoms. The molecule has 15 N–H and O–H groups in total. The van der Waals surface area contributed by atoms with Crippen LogP contribution in [0.15, 0.2) is 0 Å². The first-order valence-corrected chi connectivity index (χ1v) is 36.6. The lowest BCUT2D eigenvalue weighted by Crippen LogP contribution is -2.64. The van der Waals surface area contributed by atoms with Gasteiger partial charge in [0.15, 0.2) is 18.9 Å². The first kappa shape index (κ1) is 93.4. The van der Waals surface area contributed by atoms with E-state index in [0.717, 1.165) is 19.3 Å². The number of hydrogen-bond acceptors (Lipinski definition) is 27. The Labute approximate surface area is 600 Å². The molecule has 3 aliphatic heterocycles. The monoisotopic (exact) mass is 1470 g/mol. The summed E-state index contributed by atoms with van der Waals surface area (Å²) in [6, 6.07) is -3.17. The van der Waals surface area contributed by atoms with E-state index in [-0.39, 0.29) is 113 Å². The van der Waals surface area contributed by atoms with E-state index in [1.807, 2.05) is 0 Å². The predicted molar refractivity (Wildman–Crippen MR) is 367 cm³/mol. The molecule has 0 aliphatic carbocycles. The van der Waals surface area contributed by atoms with Gasteiger partial charge < -0.3 is 116 Å². The van der Waals surface area contributed by atoms with Crippen LogP contribution in [0.2, 0.25) is 0 Å². The molecule has 3 fully saturated rings. The molecule has 7 unspecified atom stereocenters. The average Bonchev–Trinajstić information content (AvgIpc) is 0.848. The summed E-state index contributed by atoms with van der Waals surface area (Å²) in [6.07, 6.45) is -1.93. The number of carbonyl (C=O) groups is 9. The van der Waals surface area contributed by atoms with Crippen molar-refractivity contribution in [2.45, 2.75) is 294 Å². The molecule has 3 aliphatic rings. The van der Waals surface area contributed by atoms with E-state index in [1.54, 1.807) is 0 Å². The Morgan fingerprint density at radius 3 is 1.11 bits per heavy atom. The number of hydrogen-bond donors (Lipinski definition) is 15. The molecule has 0 saturated carbocycles. The highest BCUT2D eigenvalue weighted by Gasteiger charge is 2.47. The van der Waals surface area contributed by atoms with Gasteiger partial charge in [0.05, 0.1) is 59.5 Å². The molecule has 3 saturated heterocycles. The van der Waals surface area contributed by atoms with Crippen LogP contribution in [0.1, 0.15) is 202 Å². The lowest BCUT2D eigenvalue weighted by molar-refractivity contribution is -0.270. The number of ether oxygens (including phenoxy) is 8. The van der Waals surface area contributed by atoms with Crippen molar-refractivity contribution >= 4 is 52.7 Å². The van der Waals surface area contributed by atoms with Crippen LogP contribution < -0.4 is 26.6 Å². The van der Waals surface area contributed by atoms with E-state index >= 15 is 0 Å². The first-order chi connectivity index (χ1) is 48.6. The van der Waals surface area contributed by atoms with Gasteiger partial charge in [-0.3, -0.25) is 43.2 Å². The van der Waals surface area contributed by atoms with Crippen molar-refractivity contribution < 1.29 is 132 Å². The molecule has 0 radical (unpaired) electrons. The van der Waals surface area contributed by atoms with Crippen molar-refractivity contribution in [2.75, 3.05) is 85.8 Å². The maximum absolute atomic E-state index is 12.9. The number of ketones is 4. The Morgan fingerprint density at radius 1 is 0.392 bits per heavy atom. The summed E-state index contributed by atoms with van der Waals surface area (Å²) < 4.78 is 45.9. The Balaban J connectivity index is 0.00000207. The van der Waals surface area contributed by atoms with Crippen LogP contribution in [0.5, 0.6) is 0 Å². The number of nitrogens with one attached hydrogen (secondary N) is 5. The fourth-order valence-electron chi connectivity index (χ4n) is 11.9. The third-order valence-electron chi connectivity index (χ3n) is 17.5. The fourth-order valence-corrected chi connectivity index (χ4v) is 11.9. The summed E-state index contributed by atoms with van der Waals surface area (Å²) in [6.45, 7) is 10.7. The van der Waals surface area contributed by atoms with Crippen LogP contribution in [0.25, 0.3) is 0 Å². The Bertz CT molecular complexity index is 2300. The molecule has 32 nitrogen and oxygen atoms in total. The van der Waals surface area contributed by atoms with E-state index in [4.69, 9.17) is 43.0 Å². The molecule has 0 aromatic rings. The topological polar surface area (TPSA) is 490 Å². The minimum Gasteiger partial charge on any atom is -0.394 e. The van der Waals surface area contributed by atoms with Crippen LogP contribution in [0, 0.1) is 11.3 Å². The van der Waals surface area contributed by atoms with Crippen LogP contribution >= 0.6 is 0 Å². The molecular weight excluding hydrogens is 1340 g/mol. The molecule has 3 rings (SSSR count). The number of rotatable bonds is 55. The molecule has 0 aromatic heterocycles. The third-order valence-corrected chi connectivity index (χ3v) is 17.5. The van der Waals surface area contributed by atoms with Gasteiger partial charge in [-0.2, -0.15) is 0 Å². The lowest BCUT2D eigenvalue weighted by Gasteiger charge is -2.42. The number of unbranched alkanes of at least 4 members (excludes halogenated alkanes) is 8. The Morgan fingerprint density at radius 2 is 0.725 bits per heavy atom. The SMILES string of the molecule is CC(=O)NC1[C@H](O)OC(CO)[C@H](O)[C@@H]1O.CCCCCC(=O)NCCCCC(=O)CCOCC(COCCC(=O)CCCCCC(=O)CCCCO[C@@H]1OC(CO)[C@H](O)[C@H](O)C1NC(C)=O)(COCCC(=O)NCCCCC(=O)CCCCO[C@@H]1OC(CO)[C@H](O)[C@H](O)C1NC(C)=O)CC(C)C. The van der Waals surface area contributed by atoms with E-state index < -0.39 is 135 Å². The summed E-state index contributed by atoms with van der Waals surface area (Å²) >= 11 is 0. The van der Waals surface area contributed by atoms with Crippen LogP contribution in [-0.4, -0.2) is 281 Å². The van der Waals surface area contributed by atoms with Crippen molar-refractivity contribution in [1.29, 1.82) is 0 Å². The van der Waals surface area contributed by atoms with Gasteiger partial charge in [-0.1, -0.05) is 40.0 Å². The highest BCUT2D eigenvalue weighted by Crippen LogP contribution is 2.30. The standard InChI is InChI=1S/C62H110N4O21.C8H15NO6/c1-6-7-9-26-52(75)63-30-17-13-23-49(74)28-35-82-41-62(37-43(2)3,40-81-34-27-48(73)21-11-8-10-20-46(71)24-14-18-32-84-60-54(65-44(4)69)58(79)56(77)50(38-67)86-60)42-83-36-29-53(76)64-31-16-12-22-47(72)25-15-19-33-85-61-55(66-45(5)70)59(80)57(78)51(39-68)87-61;1-3(11)9-5-7(13)6(12)4(2-10)15-8(5)14/h43,50-51,54-61,67-68,77-80H,6-42H2,1-5H3,(H,63,75)(H,64,76)(H,65,69)(H,66,70);4-8,10,12-14H,2H2,1H3,(H,9,11)/t50?,51?,54?,55?,56-,57-,58+,59+,60+,61+,62?;4?,5?,6-,7+,8+/m00/s1. The summed E-state index contributed by atoms with van der Waals surface area (Å²) in [7, 11) is 0. The summed E-state index contributed by atoms with van der Waals surface area (Å²) in [4.78, 5) is 110. The fraction of sp³-hybridized carbons (Fsp3) is 0.871. The van der Waals surface area contributed by atoms with Crippen molar-refractivity contribution in [3.05, 3.63) is 0 Å². The molecular formula is C70H125N5O27. The average molecular weight is 1470 g/mol. The smallest absolute Gasteiger partial charge is 0.222 e. The van der Waals surface area contributed by atoms with E-state index in [2.05, 4.69) is 47.4 Å². The number of Topliss-reactive ketones (excluding diaryl/α,β-unsaturated/α-hetero) is 4. The quantitative estimate of drug-likeness (QED) is 0.0351. The van der Waals surface area contributed by atoms with Gasteiger partial charge in [-0.15, -0.1) is 0 Å². The van der Waals surface area contributed by atoms with Crippen molar-refractivity contribution in [3.63, 3.8) is 0 Å². The molecule has 0 aromatic carbocycles. The van der Waals surface area contributed by atoms with Crippen LogP contribution in [-0.2, 0) is 81.0 Å². The number of aliphatic hydroxyl groups excluding tert-OH is 10. The van der Waals surface area contributed by atoms with Crippen molar-refractivity contribution in [1.82, 2.24) is 26.6 Å². The van der Waals surface area contributed by atoms with Crippen LogP contribution in [0.4, 0.5) is 0 Å². The zero-order chi connectivity index (χ0) is 76.0. The second kappa shape index (κ2) is 54.0. The zero-order valence-corrected chi connectivity index (χ0v) is 61.0. The Hall–Kier alpha value is -4.69. The van der Waals surface area contributed by atoms with Gasteiger partial charge in [-0.25, -0.2) is 0 Å². The number of amides is 5. The molecule has 0 bridgehead atoms. The van der Waals surface area contributed by atoms with Gasteiger partial charge >= 0.3 is 0 Å². The summed E-state index contributed by atoms with van der Waals surface area (Å²) in [5, 5.41) is 111. The normalized spacial score (nSPS) is 25.5. The number of carbonyl (C=O) groups excluding carboxylic acids is 9. The van der Waals surface area contributed by atoms with E-state index in [9.17, 15) is 89.1 Å². The van der Waals surface area contributed by atoms with Gasteiger partial charge in [0.25, 0.3) is 0 Å². The highest BCUT2D eigenvalue weighted by molar-refractivity contribution is 5.80. The van der Waals surface area contributed by atoms with E-state index in [0.29, 0.717) is 135 Å². The zero-order valence-electron chi connectivity index (χ0n) is 61.0. The van der Waals surface area contributed by atoms with Gasteiger partial charge in [0.2, 0.25) is 29.5 Å². The molecule has 592 valence electrons. The van der Waals surface area contributed by atoms with E-state index in [1.165, 1.54) is 20.8 Å². The molecule has 16 atom stereocenters. The maximum atomic E-state index is 12.9. The maximum Gasteiger partial charge on any atom is 0.222 e. The van der Waals surface area contributed by atoms with Gasteiger partial charge in [0, 0.05) is 117 Å². The predicted octanol–water partition coefficient (Wildman–Crippen LogP) is -0.197. The highest BCUT2D eigenvalue weighted by atomic mass is 16.7. The molecule has 0 spiro atoms. The van der Waals surface area contributed by atoms with Crippen LogP contribution in [0.3, 0.4) is 0 Å². The van der Waals surface area contributed by atoms with Gasteiger partial charge in [-0.05, 0) is 83.0 Å². The number of aliphatic hydroxyl groups is 10.